The summed E-state index contributed by atoms with van der Waals surface area (Å²) < 4.78 is 0. The van der Waals surface area contributed by atoms with Crippen molar-refractivity contribution in [3.05, 3.63) is 0 Å². The zero-order valence-electron chi connectivity index (χ0n) is 2.86. The van der Waals surface area contributed by atoms with E-state index in [2.05, 4.69) is 12.2 Å². The van der Waals surface area contributed by atoms with E-state index in [9.17, 15) is 0 Å². The number of rotatable bonds is 0. The highest BCUT2D eigenvalue weighted by molar-refractivity contribution is 7.78. The SMILES string of the molecule is CO.N=C=S. The zero-order chi connectivity index (χ0) is 4.71. The Kier molecular flexibility index (Phi) is 87.6. The molecule has 0 spiro atoms. The van der Waals surface area contributed by atoms with E-state index < -0.39 is 0 Å². The molecule has 0 atom stereocenters. The molecule has 0 aromatic heterocycles. The Bertz CT molecular complexity index is 30.6. The molecular formula is C2H5NOS. The van der Waals surface area contributed by atoms with Crippen LogP contribution in [0.25, 0.3) is 0 Å². The topological polar surface area (TPSA) is 44.1 Å². The van der Waals surface area contributed by atoms with Gasteiger partial charge in [-0.15, -0.1) is 0 Å². The van der Waals surface area contributed by atoms with Gasteiger partial charge in [-0.2, -0.15) is 0 Å². The van der Waals surface area contributed by atoms with Gasteiger partial charge in [0.25, 0.3) is 0 Å². The molecular weight excluding hydrogens is 86.1 g/mol. The highest BCUT2D eigenvalue weighted by Crippen LogP contribution is 1.16. The monoisotopic (exact) mass is 91.0 g/mol. The van der Waals surface area contributed by atoms with Crippen LogP contribution >= 0.6 is 12.2 Å². The standard InChI is InChI=1S/CHNS.CH4O/c2-1-3;1-2/h2H;2H,1H3. The lowest BCUT2D eigenvalue weighted by Crippen LogP contribution is -1.25. The quantitative estimate of drug-likeness (QED) is 0.332. The Labute approximate surface area is 35.9 Å². The lowest BCUT2D eigenvalue weighted by atomic mass is 11.8. The van der Waals surface area contributed by atoms with E-state index in [0.29, 0.717) is 0 Å². The van der Waals surface area contributed by atoms with Crippen molar-refractivity contribution < 1.29 is 5.11 Å². The van der Waals surface area contributed by atoms with Gasteiger partial charge in [-0.25, -0.2) is 5.41 Å². The molecule has 0 saturated heterocycles. The summed E-state index contributed by atoms with van der Waals surface area (Å²) in [5.41, 5.74) is 0. The molecule has 0 fully saturated rings. The Morgan fingerprint density at radius 3 is 1.80 bits per heavy atom. The second-order valence-corrected chi connectivity index (χ2v) is 0.306. The average molecular weight is 91.1 g/mol. The fourth-order valence-electron chi connectivity index (χ4n) is 0. The second-order valence-electron chi connectivity index (χ2n) is 0.102. The van der Waals surface area contributed by atoms with Gasteiger partial charge in [-0.1, -0.05) is 0 Å². The summed E-state index contributed by atoms with van der Waals surface area (Å²) in [7, 11) is 1.00. The third kappa shape index (κ3) is 202. The minimum absolute atomic E-state index is 1.00. The fraction of sp³-hybridized carbons (Fsp3) is 0.500. The molecule has 0 aromatic rings. The van der Waals surface area contributed by atoms with Crippen molar-refractivity contribution >= 4 is 17.4 Å². The molecule has 0 heterocycles. The first-order valence-corrected chi connectivity index (χ1v) is 1.31. The number of isothiocyanates is 1. The largest absolute Gasteiger partial charge is 0.400 e. The molecule has 0 aromatic carbocycles. The maximum Gasteiger partial charge on any atom is 0.0554 e. The summed E-state index contributed by atoms with van der Waals surface area (Å²) in [4.78, 5) is 0. The predicted octanol–water partition coefficient (Wildman–Crippen LogP) is 0.276. The first-order valence-electron chi connectivity index (χ1n) is 0.901. The zero-order valence-corrected chi connectivity index (χ0v) is 3.67. The summed E-state index contributed by atoms with van der Waals surface area (Å²) in [5, 5.41) is 14.4. The Hall–Kier alpha value is -0.240. The van der Waals surface area contributed by atoms with Crippen LogP contribution < -0.4 is 0 Å². The summed E-state index contributed by atoms with van der Waals surface area (Å²) in [6, 6.07) is 0. The maximum atomic E-state index is 7.00. The van der Waals surface area contributed by atoms with E-state index in [1.54, 1.807) is 5.16 Å². The Morgan fingerprint density at radius 2 is 1.80 bits per heavy atom. The number of hydrogen-bond donors (Lipinski definition) is 2. The van der Waals surface area contributed by atoms with Crippen molar-refractivity contribution in [2.24, 2.45) is 0 Å². The van der Waals surface area contributed by atoms with Crippen molar-refractivity contribution in [1.82, 2.24) is 0 Å². The lowest BCUT2D eigenvalue weighted by Gasteiger charge is -1.21. The molecule has 30 valence electrons. The Balaban J connectivity index is 0. The number of hydrogen-bond acceptors (Lipinski definition) is 3. The number of aliphatic hydroxyl groups is 1. The van der Waals surface area contributed by atoms with Crippen molar-refractivity contribution in [2.45, 2.75) is 0 Å². The molecule has 3 heteroatoms. The van der Waals surface area contributed by atoms with Crippen LogP contribution in [0.5, 0.6) is 0 Å². The molecule has 2 nitrogen and oxygen atoms in total. The van der Waals surface area contributed by atoms with Crippen LogP contribution in [0.15, 0.2) is 0 Å². The Morgan fingerprint density at radius 1 is 1.80 bits per heavy atom. The van der Waals surface area contributed by atoms with Crippen molar-refractivity contribution in [2.75, 3.05) is 7.11 Å². The molecule has 0 aliphatic rings. The first-order chi connectivity index (χ1) is 2.41. The van der Waals surface area contributed by atoms with E-state index in [4.69, 9.17) is 10.5 Å². The molecule has 2 N–H and O–H groups in total. The molecule has 0 aliphatic carbocycles. The van der Waals surface area contributed by atoms with E-state index in [-0.39, 0.29) is 0 Å². The van der Waals surface area contributed by atoms with Gasteiger partial charge in [0.1, 0.15) is 0 Å². The van der Waals surface area contributed by atoms with E-state index in [0.717, 1.165) is 7.11 Å². The van der Waals surface area contributed by atoms with Gasteiger partial charge in [-0.05, 0) is 12.2 Å². The van der Waals surface area contributed by atoms with Crippen LogP contribution in [-0.2, 0) is 0 Å². The molecule has 0 amide bonds. The average Bonchev–Trinajstić information content (AvgIpc) is 1.46. The third-order valence-electron chi connectivity index (χ3n) is 0. The molecule has 0 saturated carbocycles. The molecule has 0 radical (unpaired) electrons. The number of thiocarbonyl (C=S) groups is 1. The predicted molar refractivity (Wildman–Crippen MR) is 23.5 cm³/mol. The van der Waals surface area contributed by atoms with Gasteiger partial charge in [-0.3, -0.25) is 0 Å². The minimum Gasteiger partial charge on any atom is -0.400 e. The number of nitrogens with one attached hydrogen (secondary N) is 1. The van der Waals surface area contributed by atoms with Crippen LogP contribution in [0, 0.1) is 5.41 Å². The summed E-state index contributed by atoms with van der Waals surface area (Å²) in [5.74, 6) is 0. The summed E-state index contributed by atoms with van der Waals surface area (Å²) in [6.45, 7) is 0. The minimum atomic E-state index is 1.00. The highest BCUT2D eigenvalue weighted by Gasteiger charge is 0.975. The van der Waals surface area contributed by atoms with Gasteiger partial charge in [0.15, 0.2) is 0 Å². The van der Waals surface area contributed by atoms with Crippen LogP contribution in [-0.4, -0.2) is 17.4 Å². The van der Waals surface area contributed by atoms with E-state index in [1.165, 1.54) is 0 Å². The van der Waals surface area contributed by atoms with Crippen molar-refractivity contribution in [1.29, 1.82) is 5.41 Å². The maximum absolute atomic E-state index is 7.00. The molecule has 5 heavy (non-hydrogen) atoms. The molecule has 0 rings (SSSR count). The summed E-state index contributed by atoms with van der Waals surface area (Å²) in [6.07, 6.45) is 0. The number of aliphatic hydroxyl groups excluding tert-OH is 1. The highest BCUT2D eigenvalue weighted by atomic mass is 32.1. The van der Waals surface area contributed by atoms with Gasteiger partial charge < -0.3 is 5.11 Å². The second kappa shape index (κ2) is 49.6. The lowest BCUT2D eigenvalue weighted by molar-refractivity contribution is 0.399. The van der Waals surface area contributed by atoms with Gasteiger partial charge in [0, 0.05) is 7.11 Å². The summed E-state index contributed by atoms with van der Waals surface area (Å²) >= 11 is 3.81. The van der Waals surface area contributed by atoms with Crippen LogP contribution in [0.1, 0.15) is 0 Å². The molecule has 0 aliphatic heterocycles. The van der Waals surface area contributed by atoms with Crippen LogP contribution in [0.2, 0.25) is 0 Å². The first kappa shape index (κ1) is 8.83. The molecule has 0 unspecified atom stereocenters. The van der Waals surface area contributed by atoms with Gasteiger partial charge >= 0.3 is 0 Å². The third-order valence-corrected chi connectivity index (χ3v) is 0. The van der Waals surface area contributed by atoms with Gasteiger partial charge in [0.05, 0.1) is 5.16 Å². The van der Waals surface area contributed by atoms with Crippen molar-refractivity contribution in [3.63, 3.8) is 0 Å². The van der Waals surface area contributed by atoms with Crippen molar-refractivity contribution in [3.8, 4) is 0 Å². The van der Waals surface area contributed by atoms with Crippen LogP contribution in [0.3, 0.4) is 0 Å². The van der Waals surface area contributed by atoms with E-state index in [1.807, 2.05) is 0 Å². The van der Waals surface area contributed by atoms with Crippen LogP contribution in [0.4, 0.5) is 0 Å². The fourth-order valence-corrected chi connectivity index (χ4v) is 0. The van der Waals surface area contributed by atoms with Gasteiger partial charge in [0.2, 0.25) is 0 Å². The smallest absolute Gasteiger partial charge is 0.0554 e. The van der Waals surface area contributed by atoms with E-state index >= 15 is 0 Å². The molecule has 0 bridgehead atoms. The normalized spacial score (nSPS) is 2.80.